The number of phosphoric acid groups is 1. The van der Waals surface area contributed by atoms with Crippen molar-refractivity contribution in [3.05, 3.63) is 63.6 Å². The number of phosphoric ester groups is 1. The van der Waals surface area contributed by atoms with Crippen LogP contribution < -0.4 is 15.9 Å². The molecule has 5 atom stereocenters. The van der Waals surface area contributed by atoms with Crippen molar-refractivity contribution in [2.45, 2.75) is 44.2 Å². The predicted octanol–water partition coefficient (Wildman–Crippen LogP) is 1.02. The Morgan fingerprint density at radius 1 is 1.16 bits per heavy atom. The second-order valence-corrected chi connectivity index (χ2v) is 12.7. The fourth-order valence-electron chi connectivity index (χ4n) is 6.81. The molecule has 8 rings (SSSR count). The first kappa shape index (κ1) is 28.2. The van der Waals surface area contributed by atoms with Crippen molar-refractivity contribution in [2.24, 2.45) is 7.05 Å². The SMILES string of the molecule is Cc1c2cc[n+](C)cc2c(C)c2c3c([nH]c12)C=CC(=O)[C@@]31O[C@@H]2[C@H](O1)[C@@H](COP(=O)(O)O)O[C@H]2n1cnc2c(=O)[nH]c(N)nc21. The van der Waals surface area contributed by atoms with Crippen LogP contribution in [-0.2, 0) is 40.9 Å². The topological polar surface area (TPSA) is 221 Å². The highest BCUT2D eigenvalue weighted by atomic mass is 31.2. The first-order valence-electron chi connectivity index (χ1n) is 14.0. The van der Waals surface area contributed by atoms with Gasteiger partial charge >= 0.3 is 7.82 Å². The van der Waals surface area contributed by atoms with Crippen molar-refractivity contribution < 1.29 is 42.4 Å². The normalized spacial score (nSPS) is 26.1. The van der Waals surface area contributed by atoms with E-state index in [1.165, 1.54) is 17.0 Å². The molecule has 0 bridgehead atoms. The van der Waals surface area contributed by atoms with Gasteiger partial charge in [0.15, 0.2) is 29.8 Å². The summed E-state index contributed by atoms with van der Waals surface area (Å²) in [5, 5.41) is 2.78. The number of H-pyrrole nitrogens is 2. The van der Waals surface area contributed by atoms with E-state index in [0.717, 1.165) is 32.8 Å². The lowest BCUT2D eigenvalue weighted by Gasteiger charge is -2.31. The Morgan fingerprint density at radius 2 is 1.93 bits per heavy atom. The van der Waals surface area contributed by atoms with Crippen molar-refractivity contribution in [3.8, 4) is 0 Å². The Morgan fingerprint density at radius 3 is 2.71 bits per heavy atom. The number of aromatic amines is 2. The molecule has 0 unspecified atom stereocenters. The van der Waals surface area contributed by atoms with E-state index in [2.05, 4.69) is 19.9 Å². The molecular weight excluding hydrogens is 609 g/mol. The number of anilines is 1. The van der Waals surface area contributed by atoms with Crippen molar-refractivity contribution in [3.63, 3.8) is 0 Å². The van der Waals surface area contributed by atoms with Gasteiger partial charge in [-0.25, -0.2) is 14.1 Å². The zero-order valence-electron chi connectivity index (χ0n) is 24.0. The summed E-state index contributed by atoms with van der Waals surface area (Å²) >= 11 is 0. The fraction of sp³-hybridized carbons (Fsp3) is 0.321. The van der Waals surface area contributed by atoms with Crippen LogP contribution in [0.15, 0.2) is 35.7 Å². The van der Waals surface area contributed by atoms with Gasteiger partial charge in [0.25, 0.3) is 11.3 Å². The second-order valence-electron chi connectivity index (χ2n) is 11.5. The Balaban J connectivity index is 1.32. The molecule has 17 heteroatoms. The number of nitrogens with two attached hydrogens (primary N) is 1. The molecule has 1 aliphatic carbocycles. The van der Waals surface area contributed by atoms with E-state index < -0.39 is 56.1 Å². The lowest BCUT2D eigenvalue weighted by atomic mass is 9.89. The Bertz CT molecular complexity index is 2250. The van der Waals surface area contributed by atoms with Crippen LogP contribution in [0.5, 0.6) is 0 Å². The first-order chi connectivity index (χ1) is 21.4. The van der Waals surface area contributed by atoms with Crippen LogP contribution in [-0.4, -0.2) is 65.0 Å². The summed E-state index contributed by atoms with van der Waals surface area (Å²) < 4.78 is 39.2. The van der Waals surface area contributed by atoms with Crippen LogP contribution in [0.2, 0.25) is 0 Å². The quantitative estimate of drug-likeness (QED) is 0.138. The third kappa shape index (κ3) is 4.01. The average Bonchev–Trinajstić information content (AvgIpc) is 3.73. The van der Waals surface area contributed by atoms with Gasteiger partial charge in [0.2, 0.25) is 11.7 Å². The van der Waals surface area contributed by atoms with E-state index in [9.17, 15) is 23.9 Å². The molecule has 0 amide bonds. The van der Waals surface area contributed by atoms with Gasteiger partial charge in [0.05, 0.1) is 24.0 Å². The van der Waals surface area contributed by atoms with E-state index in [1.54, 1.807) is 6.08 Å². The Kier molecular flexibility index (Phi) is 5.87. The first-order valence-corrected chi connectivity index (χ1v) is 15.5. The molecule has 2 fully saturated rings. The number of hydrogen-bond acceptors (Lipinski definition) is 10. The lowest BCUT2D eigenvalue weighted by Crippen LogP contribution is -2.41. The number of imidazole rings is 1. The van der Waals surface area contributed by atoms with Crippen molar-refractivity contribution >= 4 is 58.5 Å². The minimum atomic E-state index is -4.91. The number of aryl methyl sites for hydroxylation is 3. The van der Waals surface area contributed by atoms with Gasteiger partial charge in [-0.1, -0.05) is 0 Å². The number of hydrogen-bond donors (Lipinski definition) is 5. The van der Waals surface area contributed by atoms with Crippen LogP contribution in [0.4, 0.5) is 5.95 Å². The summed E-state index contributed by atoms with van der Waals surface area (Å²) in [6.07, 6.45) is 4.04. The highest BCUT2D eigenvalue weighted by Gasteiger charge is 2.64. The van der Waals surface area contributed by atoms with Gasteiger partial charge in [0.1, 0.15) is 25.4 Å². The lowest BCUT2D eigenvalue weighted by molar-refractivity contribution is -0.670. The molecule has 45 heavy (non-hydrogen) atoms. The molecule has 3 aliphatic rings. The maximum absolute atomic E-state index is 13.9. The molecule has 5 aromatic rings. The van der Waals surface area contributed by atoms with E-state index in [-0.39, 0.29) is 17.1 Å². The number of nitrogens with one attached hydrogen (secondary N) is 2. The van der Waals surface area contributed by atoms with Gasteiger partial charge < -0.3 is 34.7 Å². The molecule has 2 aliphatic heterocycles. The summed E-state index contributed by atoms with van der Waals surface area (Å²) in [5.41, 5.74) is 9.09. The average molecular weight is 637 g/mol. The Labute approximate surface area is 252 Å². The second kappa shape index (κ2) is 9.37. The monoisotopic (exact) mass is 636 g/mol. The maximum Gasteiger partial charge on any atom is 0.469 e. The van der Waals surface area contributed by atoms with E-state index in [4.69, 9.17) is 24.5 Å². The number of aromatic nitrogens is 6. The third-order valence-corrected chi connectivity index (χ3v) is 9.25. The van der Waals surface area contributed by atoms with Gasteiger partial charge in [-0.05, 0) is 42.5 Å². The molecule has 2 saturated heterocycles. The number of nitrogens with zero attached hydrogens (tertiary/aromatic N) is 4. The number of carbonyl (C=O) groups is 1. The maximum atomic E-state index is 13.9. The number of ether oxygens (including phenoxy) is 3. The van der Waals surface area contributed by atoms with Crippen molar-refractivity contribution in [1.29, 1.82) is 0 Å². The highest BCUT2D eigenvalue weighted by molar-refractivity contribution is 7.46. The molecule has 16 nitrogen and oxygen atoms in total. The number of nitrogen functional groups attached to an aromatic ring is 1. The molecule has 0 saturated carbocycles. The molecular formula is C28H27N7O9P+. The fourth-order valence-corrected chi connectivity index (χ4v) is 7.15. The van der Waals surface area contributed by atoms with Gasteiger partial charge in [-0.2, -0.15) is 4.98 Å². The summed E-state index contributed by atoms with van der Waals surface area (Å²) in [7, 11) is -2.98. The minimum Gasteiger partial charge on any atom is -0.369 e. The smallest absolute Gasteiger partial charge is 0.369 e. The number of fused-ring (bicyclic) bond motifs is 7. The molecule has 4 aromatic heterocycles. The zero-order chi connectivity index (χ0) is 31.6. The number of benzene rings is 1. The van der Waals surface area contributed by atoms with E-state index in [1.807, 2.05) is 43.9 Å². The number of ketones is 1. The summed E-state index contributed by atoms with van der Waals surface area (Å²) in [6.45, 7) is 3.38. The number of rotatable bonds is 4. The van der Waals surface area contributed by atoms with Gasteiger partial charge in [0, 0.05) is 22.5 Å². The minimum absolute atomic E-state index is 0.0189. The number of carbonyl (C=O) groups excluding carboxylic acids is 1. The molecule has 1 aromatic carbocycles. The van der Waals surface area contributed by atoms with Crippen molar-refractivity contribution in [1.82, 2.24) is 24.5 Å². The highest BCUT2D eigenvalue weighted by Crippen LogP contribution is 2.53. The number of pyridine rings is 1. The summed E-state index contributed by atoms with van der Waals surface area (Å²) in [6, 6.07) is 2.04. The molecule has 6 heterocycles. The largest absolute Gasteiger partial charge is 0.469 e. The van der Waals surface area contributed by atoms with Crippen LogP contribution in [0, 0.1) is 13.8 Å². The van der Waals surface area contributed by atoms with Crippen molar-refractivity contribution in [2.75, 3.05) is 12.3 Å². The predicted molar refractivity (Wildman–Crippen MR) is 156 cm³/mol. The molecule has 232 valence electrons. The Hall–Kier alpha value is -4.28. The van der Waals surface area contributed by atoms with Crippen LogP contribution in [0.3, 0.4) is 0 Å². The van der Waals surface area contributed by atoms with Crippen LogP contribution in [0.25, 0.3) is 38.9 Å². The molecule has 1 spiro atoms. The van der Waals surface area contributed by atoms with E-state index >= 15 is 0 Å². The standard InChI is InChI=1S/C28H26N7O9P/c1-11-14-8-34(3)7-6-13(14)12(2)20-18(11)19-15(31-20)4-5-17(36)28(19)43-22-16(9-41-45(38,39)40)42-26(23(22)44-28)35-10-30-21-24(35)32-27(29)33-25(21)37/h4-8,10,16,22-23,26H,9H2,1-3H3,(H5,29,32,33,37,38,39,40)/p+1/t16-,22-,23-,26-,28-/m1/s1. The summed E-state index contributed by atoms with van der Waals surface area (Å²) in [4.78, 5) is 59.6. The van der Waals surface area contributed by atoms with Gasteiger partial charge in [-0.15, -0.1) is 0 Å². The van der Waals surface area contributed by atoms with Gasteiger partial charge in [-0.3, -0.25) is 23.7 Å². The molecule has 6 N–H and O–H groups in total. The van der Waals surface area contributed by atoms with E-state index in [0.29, 0.717) is 11.3 Å². The molecule has 0 radical (unpaired) electrons. The zero-order valence-corrected chi connectivity index (χ0v) is 24.9. The van der Waals surface area contributed by atoms with Crippen LogP contribution >= 0.6 is 7.82 Å². The third-order valence-electron chi connectivity index (χ3n) is 8.76. The van der Waals surface area contributed by atoms with Crippen LogP contribution in [0.1, 0.15) is 28.6 Å². The summed E-state index contributed by atoms with van der Waals surface area (Å²) in [5.74, 6) is -2.58.